The predicted octanol–water partition coefficient (Wildman–Crippen LogP) is 1.97. The van der Waals surface area contributed by atoms with Gasteiger partial charge >= 0.3 is 5.97 Å². The van der Waals surface area contributed by atoms with Crippen LogP contribution in [0.15, 0.2) is 46.7 Å². The van der Waals surface area contributed by atoms with Gasteiger partial charge in [0.05, 0.1) is 0 Å². The fraction of sp³-hybridized carbons (Fsp3) is 0.154. The molecule has 0 fully saturated rings. The molecule has 2 N–H and O–H groups in total. The van der Waals surface area contributed by atoms with Crippen molar-refractivity contribution >= 4 is 27.3 Å². The minimum atomic E-state index is -3.78. The summed E-state index contributed by atoms with van der Waals surface area (Å²) in [5, 5.41) is 10.4. The van der Waals surface area contributed by atoms with Crippen molar-refractivity contribution in [3.8, 4) is 0 Å². The second kappa shape index (κ2) is 6.17. The first-order chi connectivity index (χ1) is 9.50. The fourth-order valence-corrected chi connectivity index (χ4v) is 4.01. The lowest BCUT2D eigenvalue weighted by molar-refractivity contribution is 0.0698. The summed E-state index contributed by atoms with van der Waals surface area (Å²) >= 11 is 0.896. The Morgan fingerprint density at radius 1 is 1.20 bits per heavy atom. The van der Waals surface area contributed by atoms with Gasteiger partial charge in [-0.25, -0.2) is 17.9 Å². The van der Waals surface area contributed by atoms with Crippen molar-refractivity contribution in [2.24, 2.45) is 0 Å². The lowest BCUT2D eigenvalue weighted by Gasteiger charge is -2.06. The highest BCUT2D eigenvalue weighted by Gasteiger charge is 2.23. The van der Waals surface area contributed by atoms with Gasteiger partial charge < -0.3 is 5.11 Å². The number of hydrogen-bond donors (Lipinski definition) is 2. The molecule has 2 rings (SSSR count). The molecule has 2 aromatic rings. The van der Waals surface area contributed by atoms with Gasteiger partial charge in [0.15, 0.2) is 0 Å². The van der Waals surface area contributed by atoms with E-state index in [0.29, 0.717) is 6.42 Å². The molecule has 1 aromatic heterocycles. The van der Waals surface area contributed by atoms with E-state index >= 15 is 0 Å². The van der Waals surface area contributed by atoms with E-state index in [0.717, 1.165) is 16.9 Å². The summed E-state index contributed by atoms with van der Waals surface area (Å²) in [6.07, 6.45) is 0.548. The van der Waals surface area contributed by atoms with Gasteiger partial charge in [0.2, 0.25) is 10.0 Å². The van der Waals surface area contributed by atoms with Crippen LogP contribution in [0.1, 0.15) is 15.2 Å². The Kier molecular flexibility index (Phi) is 4.53. The van der Waals surface area contributed by atoms with E-state index in [-0.39, 0.29) is 16.3 Å². The molecule has 0 amide bonds. The third kappa shape index (κ3) is 3.44. The van der Waals surface area contributed by atoms with Crippen LogP contribution in [0.2, 0.25) is 0 Å². The maximum atomic E-state index is 12.0. The van der Waals surface area contributed by atoms with Gasteiger partial charge in [-0.3, -0.25) is 0 Å². The molecule has 0 spiro atoms. The number of carboxylic acid groups (broad SMARTS) is 1. The van der Waals surface area contributed by atoms with Crippen LogP contribution in [0.4, 0.5) is 0 Å². The SMILES string of the molecule is O=C(O)c1sccc1S(=O)(=O)NCCc1ccccc1. The number of nitrogens with one attached hydrogen (secondary N) is 1. The smallest absolute Gasteiger partial charge is 0.347 e. The molecule has 0 saturated carbocycles. The molecule has 1 aromatic carbocycles. The van der Waals surface area contributed by atoms with E-state index in [1.807, 2.05) is 30.3 Å². The van der Waals surface area contributed by atoms with Crippen molar-refractivity contribution in [2.75, 3.05) is 6.54 Å². The Balaban J connectivity index is 2.04. The lowest BCUT2D eigenvalue weighted by Crippen LogP contribution is -2.26. The molecule has 7 heteroatoms. The summed E-state index contributed by atoms with van der Waals surface area (Å²) < 4.78 is 26.5. The molecule has 0 unspecified atom stereocenters. The van der Waals surface area contributed by atoms with E-state index in [2.05, 4.69) is 4.72 Å². The number of rotatable bonds is 6. The maximum Gasteiger partial charge on any atom is 0.347 e. The molecular weight excluding hydrogens is 298 g/mol. The largest absolute Gasteiger partial charge is 0.477 e. The van der Waals surface area contributed by atoms with Gasteiger partial charge in [-0.2, -0.15) is 0 Å². The molecule has 1 heterocycles. The van der Waals surface area contributed by atoms with Crippen molar-refractivity contribution in [2.45, 2.75) is 11.3 Å². The highest BCUT2D eigenvalue weighted by atomic mass is 32.2. The minimum absolute atomic E-state index is 0.169. The second-order valence-electron chi connectivity index (χ2n) is 4.05. The Morgan fingerprint density at radius 2 is 1.90 bits per heavy atom. The third-order valence-electron chi connectivity index (χ3n) is 2.66. The first-order valence-corrected chi connectivity index (χ1v) is 8.21. The van der Waals surface area contributed by atoms with Crippen LogP contribution in [0, 0.1) is 0 Å². The fourth-order valence-electron chi connectivity index (χ4n) is 1.72. The summed E-state index contributed by atoms with van der Waals surface area (Å²) in [4.78, 5) is 10.6. The molecule has 0 bridgehead atoms. The van der Waals surface area contributed by atoms with Crippen LogP contribution in [-0.2, 0) is 16.4 Å². The van der Waals surface area contributed by atoms with E-state index in [4.69, 9.17) is 5.11 Å². The number of carbonyl (C=O) groups is 1. The Labute approximate surface area is 120 Å². The number of benzene rings is 1. The molecule has 0 aliphatic rings. The molecule has 0 aliphatic carbocycles. The summed E-state index contributed by atoms with van der Waals surface area (Å²) in [5.74, 6) is -1.23. The first-order valence-electron chi connectivity index (χ1n) is 5.85. The summed E-state index contributed by atoms with van der Waals surface area (Å²) in [7, 11) is -3.78. The van der Waals surface area contributed by atoms with Crippen molar-refractivity contribution in [1.29, 1.82) is 0 Å². The molecule has 0 saturated heterocycles. The average Bonchev–Trinajstić information content (AvgIpc) is 2.90. The quantitative estimate of drug-likeness (QED) is 0.854. The Morgan fingerprint density at radius 3 is 2.55 bits per heavy atom. The van der Waals surface area contributed by atoms with E-state index < -0.39 is 16.0 Å². The molecule has 0 atom stereocenters. The Hall–Kier alpha value is -1.70. The van der Waals surface area contributed by atoms with Gasteiger partial charge in [-0.05, 0) is 23.4 Å². The van der Waals surface area contributed by atoms with E-state index in [1.54, 1.807) is 0 Å². The molecule has 0 radical (unpaired) electrons. The number of sulfonamides is 1. The van der Waals surface area contributed by atoms with Crippen molar-refractivity contribution in [1.82, 2.24) is 4.72 Å². The van der Waals surface area contributed by atoms with Crippen molar-refractivity contribution < 1.29 is 18.3 Å². The second-order valence-corrected chi connectivity index (χ2v) is 6.70. The number of thiophene rings is 1. The van der Waals surface area contributed by atoms with Gasteiger partial charge in [-0.1, -0.05) is 30.3 Å². The standard InChI is InChI=1S/C13H13NO4S2/c15-13(16)12-11(7-9-19-12)20(17,18)14-8-6-10-4-2-1-3-5-10/h1-5,7,9,14H,6,8H2,(H,15,16). The van der Waals surface area contributed by atoms with Crippen LogP contribution in [0.25, 0.3) is 0 Å². The Bertz CT molecular complexity index is 692. The predicted molar refractivity (Wildman–Crippen MR) is 76.6 cm³/mol. The van der Waals surface area contributed by atoms with Crippen LogP contribution >= 0.6 is 11.3 Å². The molecular formula is C13H13NO4S2. The molecule has 20 heavy (non-hydrogen) atoms. The van der Waals surface area contributed by atoms with Gasteiger partial charge in [0, 0.05) is 6.54 Å². The van der Waals surface area contributed by atoms with Gasteiger partial charge in [-0.15, -0.1) is 11.3 Å². The van der Waals surface area contributed by atoms with Crippen LogP contribution in [0.3, 0.4) is 0 Å². The molecule has 5 nitrogen and oxygen atoms in total. The zero-order valence-corrected chi connectivity index (χ0v) is 12.1. The van der Waals surface area contributed by atoms with E-state index in [9.17, 15) is 13.2 Å². The monoisotopic (exact) mass is 311 g/mol. The normalized spacial score (nSPS) is 11.4. The van der Waals surface area contributed by atoms with Crippen molar-refractivity contribution in [3.63, 3.8) is 0 Å². The zero-order chi connectivity index (χ0) is 14.6. The van der Waals surface area contributed by atoms with Crippen LogP contribution < -0.4 is 4.72 Å². The van der Waals surface area contributed by atoms with Gasteiger partial charge in [0.1, 0.15) is 9.77 Å². The number of carboxylic acids is 1. The lowest BCUT2D eigenvalue weighted by atomic mass is 10.2. The number of hydrogen-bond acceptors (Lipinski definition) is 4. The molecule has 0 aliphatic heterocycles. The number of aromatic carboxylic acids is 1. The summed E-state index contributed by atoms with van der Waals surface area (Å²) in [6.45, 7) is 0.223. The van der Waals surface area contributed by atoms with Crippen LogP contribution in [0.5, 0.6) is 0 Å². The molecule has 106 valence electrons. The zero-order valence-electron chi connectivity index (χ0n) is 10.4. The van der Waals surface area contributed by atoms with E-state index in [1.165, 1.54) is 11.4 Å². The van der Waals surface area contributed by atoms with Gasteiger partial charge in [0.25, 0.3) is 0 Å². The maximum absolute atomic E-state index is 12.0. The first kappa shape index (κ1) is 14.7. The summed E-state index contributed by atoms with van der Waals surface area (Å²) in [5.41, 5.74) is 1.01. The van der Waals surface area contributed by atoms with Crippen molar-refractivity contribution in [3.05, 3.63) is 52.2 Å². The highest BCUT2D eigenvalue weighted by Crippen LogP contribution is 2.21. The average molecular weight is 311 g/mol. The topological polar surface area (TPSA) is 83.5 Å². The highest BCUT2D eigenvalue weighted by molar-refractivity contribution is 7.89. The van der Waals surface area contributed by atoms with Crippen LogP contribution in [-0.4, -0.2) is 26.0 Å². The third-order valence-corrected chi connectivity index (χ3v) is 5.20. The summed E-state index contributed by atoms with van der Waals surface area (Å²) in [6, 6.07) is 10.8. The minimum Gasteiger partial charge on any atom is -0.477 e.